The number of hydrogen-bond donors (Lipinski definition) is 2. The summed E-state index contributed by atoms with van der Waals surface area (Å²) >= 11 is 1.23. The van der Waals surface area contributed by atoms with Crippen molar-refractivity contribution < 1.29 is 9.72 Å². The van der Waals surface area contributed by atoms with Crippen molar-refractivity contribution in [3.8, 4) is 0 Å². The minimum Gasteiger partial charge on any atom is -0.370 e. The maximum Gasteiger partial charge on any atom is 0.271 e. The highest BCUT2D eigenvalue weighted by Gasteiger charge is 2.18. The van der Waals surface area contributed by atoms with E-state index in [1.807, 2.05) is 31.2 Å². The Morgan fingerprint density at radius 3 is 2.75 bits per heavy atom. The Balaban J connectivity index is 1.76. The van der Waals surface area contributed by atoms with Crippen LogP contribution in [-0.4, -0.2) is 32.6 Å². The van der Waals surface area contributed by atoms with Crippen LogP contribution in [0.5, 0.6) is 0 Å². The van der Waals surface area contributed by atoms with E-state index in [1.165, 1.54) is 30.0 Å². The molecule has 1 heterocycles. The predicted octanol–water partition coefficient (Wildman–Crippen LogP) is 4.09. The number of nitro groups is 1. The van der Waals surface area contributed by atoms with Crippen LogP contribution in [0.3, 0.4) is 0 Å². The number of carbonyl (C=O) groups excluding carboxylic acids is 1. The van der Waals surface area contributed by atoms with Gasteiger partial charge in [-0.25, -0.2) is 9.97 Å². The number of nitro benzene ring substituents is 1. The third-order valence-corrected chi connectivity index (χ3v) is 4.86. The summed E-state index contributed by atoms with van der Waals surface area (Å²) in [5, 5.41) is 17.7. The van der Waals surface area contributed by atoms with Crippen molar-refractivity contribution >= 4 is 45.8 Å². The quantitative estimate of drug-likeness (QED) is 0.267. The molecule has 1 unspecified atom stereocenters. The van der Waals surface area contributed by atoms with E-state index in [0.717, 1.165) is 16.7 Å². The Kier molecular flexibility index (Phi) is 6.05. The highest BCUT2D eigenvalue weighted by molar-refractivity contribution is 8.00. The average molecular weight is 397 g/mol. The van der Waals surface area contributed by atoms with Crippen molar-refractivity contribution in [3.05, 3.63) is 58.6 Å². The lowest BCUT2D eigenvalue weighted by Crippen LogP contribution is -2.22. The fourth-order valence-electron chi connectivity index (χ4n) is 2.56. The Morgan fingerprint density at radius 1 is 1.21 bits per heavy atom. The smallest absolute Gasteiger partial charge is 0.271 e. The Bertz CT molecular complexity index is 1030. The molecule has 0 bridgehead atoms. The zero-order valence-electron chi connectivity index (χ0n) is 15.4. The lowest BCUT2D eigenvalue weighted by atomic mass is 10.2. The Hall–Kier alpha value is -3.20. The van der Waals surface area contributed by atoms with Gasteiger partial charge >= 0.3 is 0 Å². The first-order valence-electron chi connectivity index (χ1n) is 8.70. The fraction of sp³-hybridized carbons (Fsp3) is 0.211. The summed E-state index contributed by atoms with van der Waals surface area (Å²) < 4.78 is 0. The van der Waals surface area contributed by atoms with Gasteiger partial charge in [-0.2, -0.15) is 0 Å². The molecule has 0 aliphatic heterocycles. The number of hydrogen-bond acceptors (Lipinski definition) is 7. The number of non-ortho nitro benzene ring substituents is 1. The number of rotatable bonds is 7. The van der Waals surface area contributed by atoms with E-state index in [4.69, 9.17) is 0 Å². The summed E-state index contributed by atoms with van der Waals surface area (Å²) in [6, 6.07) is 13.5. The number of para-hydroxylation sites is 1. The molecule has 0 spiro atoms. The zero-order valence-corrected chi connectivity index (χ0v) is 16.2. The average Bonchev–Trinajstić information content (AvgIpc) is 2.68. The van der Waals surface area contributed by atoms with Gasteiger partial charge in [0.05, 0.1) is 15.7 Å². The van der Waals surface area contributed by atoms with Crippen molar-refractivity contribution in [2.24, 2.45) is 0 Å². The van der Waals surface area contributed by atoms with E-state index in [1.54, 1.807) is 13.0 Å². The van der Waals surface area contributed by atoms with Gasteiger partial charge in [-0.05, 0) is 32.0 Å². The Labute approximate surface area is 165 Å². The third kappa shape index (κ3) is 4.55. The molecule has 0 aliphatic carbocycles. The summed E-state index contributed by atoms with van der Waals surface area (Å²) in [6.45, 7) is 4.44. The molecule has 3 aromatic rings. The monoisotopic (exact) mass is 397 g/mol. The number of fused-ring (bicyclic) bond motifs is 1. The number of anilines is 2. The van der Waals surface area contributed by atoms with Gasteiger partial charge in [0.2, 0.25) is 5.91 Å². The lowest BCUT2D eigenvalue weighted by Gasteiger charge is -2.13. The van der Waals surface area contributed by atoms with Crippen molar-refractivity contribution in [1.82, 2.24) is 9.97 Å². The molecule has 144 valence electrons. The van der Waals surface area contributed by atoms with Crippen molar-refractivity contribution in [3.63, 3.8) is 0 Å². The minimum atomic E-state index is -0.501. The van der Waals surface area contributed by atoms with E-state index >= 15 is 0 Å². The first kappa shape index (κ1) is 19.6. The summed E-state index contributed by atoms with van der Waals surface area (Å²) in [4.78, 5) is 31.9. The van der Waals surface area contributed by atoms with Crippen molar-refractivity contribution in [2.75, 3.05) is 17.2 Å². The van der Waals surface area contributed by atoms with E-state index in [0.29, 0.717) is 17.4 Å². The van der Waals surface area contributed by atoms with Crippen LogP contribution in [0.1, 0.15) is 13.8 Å². The van der Waals surface area contributed by atoms with Gasteiger partial charge in [-0.1, -0.05) is 30.0 Å². The van der Waals surface area contributed by atoms with Gasteiger partial charge in [-0.15, -0.1) is 0 Å². The number of amides is 1. The van der Waals surface area contributed by atoms with Crippen LogP contribution < -0.4 is 10.6 Å². The van der Waals surface area contributed by atoms with Crippen molar-refractivity contribution in [2.45, 2.75) is 24.3 Å². The molecule has 1 atom stereocenters. The van der Waals surface area contributed by atoms with Gasteiger partial charge in [0, 0.05) is 29.8 Å². The van der Waals surface area contributed by atoms with Crippen LogP contribution in [0.25, 0.3) is 10.9 Å². The van der Waals surface area contributed by atoms with Gasteiger partial charge in [-0.3, -0.25) is 14.9 Å². The minimum absolute atomic E-state index is 0.0775. The molecule has 8 nitrogen and oxygen atoms in total. The van der Waals surface area contributed by atoms with Gasteiger partial charge in [0.15, 0.2) is 5.16 Å². The summed E-state index contributed by atoms with van der Waals surface area (Å²) in [5.41, 5.74) is 1.09. The number of benzene rings is 2. The second-order valence-electron chi connectivity index (χ2n) is 5.96. The standard InChI is InChI=1S/C19H19N5O3S/c1-3-20-17-15-9-4-5-10-16(15)22-19(23-17)28-12(2)18(25)21-13-7-6-8-14(11-13)24(26)27/h4-12H,3H2,1-2H3,(H,21,25)(H,20,22,23). The molecule has 0 aliphatic rings. The summed E-state index contributed by atoms with van der Waals surface area (Å²) in [7, 11) is 0. The molecule has 2 N–H and O–H groups in total. The number of aromatic nitrogens is 2. The molecular formula is C19H19N5O3S. The lowest BCUT2D eigenvalue weighted by molar-refractivity contribution is -0.384. The molecule has 0 radical (unpaired) electrons. The third-order valence-electron chi connectivity index (χ3n) is 3.90. The second kappa shape index (κ2) is 8.66. The second-order valence-corrected chi connectivity index (χ2v) is 7.27. The van der Waals surface area contributed by atoms with Crippen molar-refractivity contribution in [1.29, 1.82) is 0 Å². The molecular weight excluding hydrogens is 378 g/mol. The molecule has 1 amide bonds. The van der Waals surface area contributed by atoms with E-state index in [9.17, 15) is 14.9 Å². The topological polar surface area (TPSA) is 110 Å². The first-order chi connectivity index (χ1) is 13.5. The van der Waals surface area contributed by atoms with Gasteiger partial charge in [0.25, 0.3) is 5.69 Å². The van der Waals surface area contributed by atoms with Crippen LogP contribution in [0, 0.1) is 10.1 Å². The number of carbonyl (C=O) groups is 1. The summed E-state index contributed by atoms with van der Waals surface area (Å²) in [6.07, 6.45) is 0. The molecule has 3 rings (SSSR count). The highest BCUT2D eigenvalue weighted by Crippen LogP contribution is 2.27. The largest absolute Gasteiger partial charge is 0.370 e. The number of nitrogens with zero attached hydrogens (tertiary/aromatic N) is 3. The normalized spacial score (nSPS) is 11.8. The molecule has 28 heavy (non-hydrogen) atoms. The molecule has 2 aromatic carbocycles. The van der Waals surface area contributed by atoms with Crippen LogP contribution >= 0.6 is 11.8 Å². The van der Waals surface area contributed by atoms with Crippen LogP contribution in [-0.2, 0) is 4.79 Å². The number of nitrogens with one attached hydrogen (secondary N) is 2. The first-order valence-corrected chi connectivity index (χ1v) is 9.58. The Morgan fingerprint density at radius 2 is 2.00 bits per heavy atom. The van der Waals surface area contributed by atoms with Crippen LogP contribution in [0.15, 0.2) is 53.7 Å². The van der Waals surface area contributed by atoms with Gasteiger partial charge < -0.3 is 10.6 Å². The van der Waals surface area contributed by atoms with E-state index < -0.39 is 10.2 Å². The van der Waals surface area contributed by atoms with E-state index in [-0.39, 0.29) is 11.6 Å². The maximum atomic E-state index is 12.5. The van der Waals surface area contributed by atoms with Crippen LogP contribution in [0.4, 0.5) is 17.2 Å². The number of thioether (sulfide) groups is 1. The molecule has 0 saturated carbocycles. The molecule has 0 saturated heterocycles. The van der Waals surface area contributed by atoms with Gasteiger partial charge in [0.1, 0.15) is 5.82 Å². The fourth-order valence-corrected chi connectivity index (χ4v) is 3.34. The van der Waals surface area contributed by atoms with Crippen LogP contribution in [0.2, 0.25) is 0 Å². The SMILES string of the molecule is CCNc1nc(SC(C)C(=O)Nc2cccc([N+](=O)[O-])c2)nc2ccccc12. The molecule has 1 aromatic heterocycles. The molecule has 0 fully saturated rings. The predicted molar refractivity (Wildman–Crippen MR) is 111 cm³/mol. The highest BCUT2D eigenvalue weighted by atomic mass is 32.2. The zero-order chi connectivity index (χ0) is 20.1. The van der Waals surface area contributed by atoms with E-state index in [2.05, 4.69) is 20.6 Å². The molecule has 9 heteroatoms. The maximum absolute atomic E-state index is 12.5. The summed E-state index contributed by atoms with van der Waals surface area (Å²) in [5.74, 6) is 0.439.